The summed E-state index contributed by atoms with van der Waals surface area (Å²) in [5, 5.41) is 3.09. The summed E-state index contributed by atoms with van der Waals surface area (Å²) < 4.78 is 11.3. The smallest absolute Gasteiger partial charge is 0.317 e. The van der Waals surface area contributed by atoms with E-state index in [9.17, 15) is 4.79 Å². The Morgan fingerprint density at radius 1 is 1.26 bits per heavy atom. The SMILES string of the molecule is Cc1ccc([C@@H](CNC(=O)N2CCSCC2)N2CCOCC2)o1. The third-order valence-electron chi connectivity index (χ3n) is 4.32. The van der Waals surface area contributed by atoms with Gasteiger partial charge in [-0.2, -0.15) is 11.8 Å². The minimum Gasteiger partial charge on any atom is -0.465 e. The number of ether oxygens (including phenoxy) is 1. The van der Waals surface area contributed by atoms with Crippen LogP contribution < -0.4 is 5.32 Å². The lowest BCUT2D eigenvalue weighted by atomic mass is 10.1. The van der Waals surface area contributed by atoms with Gasteiger partial charge in [-0.15, -0.1) is 0 Å². The molecule has 0 saturated carbocycles. The van der Waals surface area contributed by atoms with E-state index in [1.54, 1.807) is 0 Å². The first-order chi connectivity index (χ1) is 11.2. The van der Waals surface area contributed by atoms with Gasteiger partial charge in [0.2, 0.25) is 0 Å². The maximum Gasteiger partial charge on any atom is 0.317 e. The van der Waals surface area contributed by atoms with Crippen LogP contribution in [0.1, 0.15) is 17.6 Å². The topological polar surface area (TPSA) is 58.0 Å². The number of aryl methyl sites for hydroxylation is 1. The molecule has 7 heteroatoms. The number of morpholine rings is 1. The van der Waals surface area contributed by atoms with Crippen LogP contribution in [0.3, 0.4) is 0 Å². The first-order valence-electron chi connectivity index (χ1n) is 8.22. The van der Waals surface area contributed by atoms with Gasteiger partial charge >= 0.3 is 6.03 Å². The fourth-order valence-electron chi connectivity index (χ4n) is 2.99. The van der Waals surface area contributed by atoms with Crippen LogP contribution in [0.2, 0.25) is 0 Å². The Morgan fingerprint density at radius 2 is 2.00 bits per heavy atom. The number of nitrogens with zero attached hydrogens (tertiary/aromatic N) is 2. The van der Waals surface area contributed by atoms with Crippen molar-refractivity contribution in [1.82, 2.24) is 15.1 Å². The molecule has 128 valence electrons. The average molecular weight is 339 g/mol. The van der Waals surface area contributed by atoms with Crippen molar-refractivity contribution in [2.24, 2.45) is 0 Å². The number of amides is 2. The molecule has 1 N–H and O–H groups in total. The van der Waals surface area contributed by atoms with Crippen molar-refractivity contribution < 1.29 is 13.9 Å². The number of nitrogens with one attached hydrogen (secondary N) is 1. The summed E-state index contributed by atoms with van der Waals surface area (Å²) in [6.07, 6.45) is 0. The Bertz CT molecular complexity index is 510. The molecule has 0 aromatic carbocycles. The zero-order chi connectivity index (χ0) is 16.1. The van der Waals surface area contributed by atoms with E-state index in [-0.39, 0.29) is 12.1 Å². The second kappa shape index (κ2) is 8.08. The number of urea groups is 1. The summed E-state index contributed by atoms with van der Waals surface area (Å²) in [5.41, 5.74) is 0. The van der Waals surface area contributed by atoms with Gasteiger partial charge in [-0.05, 0) is 19.1 Å². The first kappa shape index (κ1) is 16.7. The van der Waals surface area contributed by atoms with Gasteiger partial charge in [-0.3, -0.25) is 4.90 Å². The minimum atomic E-state index is 0.0341. The van der Waals surface area contributed by atoms with Gasteiger partial charge < -0.3 is 19.4 Å². The normalized spacial score (nSPS) is 21.2. The molecule has 2 aliphatic rings. The summed E-state index contributed by atoms with van der Waals surface area (Å²) in [6, 6.07) is 4.09. The second-order valence-electron chi connectivity index (χ2n) is 5.90. The van der Waals surface area contributed by atoms with Gasteiger partial charge in [0, 0.05) is 44.2 Å². The van der Waals surface area contributed by atoms with Crippen molar-refractivity contribution in [3.05, 3.63) is 23.7 Å². The van der Waals surface area contributed by atoms with E-state index in [2.05, 4.69) is 10.2 Å². The number of thioether (sulfide) groups is 1. The van der Waals surface area contributed by atoms with E-state index in [0.717, 1.165) is 62.4 Å². The van der Waals surface area contributed by atoms with E-state index in [1.165, 1.54) is 0 Å². The Kier molecular flexibility index (Phi) is 5.85. The highest BCUT2D eigenvalue weighted by Crippen LogP contribution is 2.23. The standard InChI is InChI=1S/C16H25N3O3S/c1-13-2-3-15(22-13)14(18-4-8-21-9-5-18)12-17-16(20)19-6-10-23-11-7-19/h2-3,14H,4-12H2,1H3,(H,17,20)/t14-/m1/s1. The third-order valence-corrected chi connectivity index (χ3v) is 5.26. The van der Waals surface area contributed by atoms with E-state index < -0.39 is 0 Å². The fourth-order valence-corrected chi connectivity index (χ4v) is 3.90. The molecule has 1 aromatic rings. The van der Waals surface area contributed by atoms with Gasteiger partial charge in [-0.25, -0.2) is 4.79 Å². The number of carbonyl (C=O) groups excluding carboxylic acids is 1. The first-order valence-corrected chi connectivity index (χ1v) is 9.38. The molecule has 1 aromatic heterocycles. The second-order valence-corrected chi connectivity index (χ2v) is 7.12. The number of furan rings is 1. The van der Waals surface area contributed by atoms with E-state index in [0.29, 0.717) is 6.54 Å². The van der Waals surface area contributed by atoms with Crippen molar-refractivity contribution in [3.8, 4) is 0 Å². The lowest BCUT2D eigenvalue weighted by molar-refractivity contribution is 0.0119. The monoisotopic (exact) mass is 339 g/mol. The van der Waals surface area contributed by atoms with Gasteiger partial charge in [-0.1, -0.05) is 0 Å². The molecule has 2 amide bonds. The predicted molar refractivity (Wildman–Crippen MR) is 90.9 cm³/mol. The van der Waals surface area contributed by atoms with Crippen molar-refractivity contribution in [2.45, 2.75) is 13.0 Å². The molecule has 0 aliphatic carbocycles. The molecule has 1 atom stereocenters. The van der Waals surface area contributed by atoms with Crippen LogP contribution in [0.25, 0.3) is 0 Å². The number of carbonyl (C=O) groups is 1. The summed E-state index contributed by atoms with van der Waals surface area (Å²) >= 11 is 1.90. The molecule has 2 aliphatic heterocycles. The lowest BCUT2D eigenvalue weighted by Crippen LogP contribution is -2.48. The van der Waals surface area contributed by atoms with Crippen LogP contribution in [-0.4, -0.2) is 73.3 Å². The third kappa shape index (κ3) is 4.43. The van der Waals surface area contributed by atoms with Crippen LogP contribution in [0.5, 0.6) is 0 Å². The van der Waals surface area contributed by atoms with Crippen molar-refractivity contribution in [1.29, 1.82) is 0 Å². The molecule has 3 heterocycles. The van der Waals surface area contributed by atoms with Crippen LogP contribution >= 0.6 is 11.8 Å². The van der Waals surface area contributed by atoms with Crippen LogP contribution in [-0.2, 0) is 4.74 Å². The van der Waals surface area contributed by atoms with E-state index in [1.807, 2.05) is 35.7 Å². The minimum absolute atomic E-state index is 0.0341. The number of rotatable bonds is 4. The summed E-state index contributed by atoms with van der Waals surface area (Å²) in [4.78, 5) is 16.6. The van der Waals surface area contributed by atoms with Gasteiger partial charge in [0.25, 0.3) is 0 Å². The summed E-state index contributed by atoms with van der Waals surface area (Å²) in [5.74, 6) is 3.87. The highest BCUT2D eigenvalue weighted by atomic mass is 32.2. The number of hydrogen-bond acceptors (Lipinski definition) is 5. The van der Waals surface area contributed by atoms with Crippen molar-refractivity contribution in [3.63, 3.8) is 0 Å². The maximum absolute atomic E-state index is 12.4. The van der Waals surface area contributed by atoms with Gasteiger partial charge in [0.15, 0.2) is 0 Å². The molecule has 6 nitrogen and oxygen atoms in total. The Hall–Kier alpha value is -1.18. The molecular formula is C16H25N3O3S. The predicted octanol–water partition coefficient (Wildman–Crippen LogP) is 1.72. The highest BCUT2D eigenvalue weighted by Gasteiger charge is 2.26. The Balaban J connectivity index is 1.62. The van der Waals surface area contributed by atoms with Crippen LogP contribution in [0.15, 0.2) is 16.5 Å². The van der Waals surface area contributed by atoms with Gasteiger partial charge in [0.1, 0.15) is 11.5 Å². The van der Waals surface area contributed by atoms with Crippen molar-refractivity contribution in [2.75, 3.05) is 57.4 Å². The molecule has 0 radical (unpaired) electrons. The van der Waals surface area contributed by atoms with Crippen LogP contribution in [0, 0.1) is 6.92 Å². The van der Waals surface area contributed by atoms with Crippen molar-refractivity contribution >= 4 is 17.8 Å². The van der Waals surface area contributed by atoms with Crippen LogP contribution in [0.4, 0.5) is 4.79 Å². The molecule has 23 heavy (non-hydrogen) atoms. The fraction of sp³-hybridized carbons (Fsp3) is 0.688. The zero-order valence-electron chi connectivity index (χ0n) is 13.6. The lowest BCUT2D eigenvalue weighted by Gasteiger charge is -2.34. The maximum atomic E-state index is 12.4. The van der Waals surface area contributed by atoms with E-state index in [4.69, 9.17) is 9.15 Å². The largest absolute Gasteiger partial charge is 0.465 e. The Labute approximate surface area is 141 Å². The summed E-state index contributed by atoms with van der Waals surface area (Å²) in [7, 11) is 0. The zero-order valence-corrected chi connectivity index (χ0v) is 14.4. The molecule has 2 fully saturated rings. The molecule has 0 bridgehead atoms. The molecule has 2 saturated heterocycles. The highest BCUT2D eigenvalue weighted by molar-refractivity contribution is 7.99. The Morgan fingerprint density at radius 3 is 2.65 bits per heavy atom. The quantitative estimate of drug-likeness (QED) is 0.905. The van der Waals surface area contributed by atoms with E-state index >= 15 is 0 Å². The average Bonchev–Trinajstić information content (AvgIpc) is 3.03. The molecule has 3 rings (SSSR count). The van der Waals surface area contributed by atoms with Gasteiger partial charge in [0.05, 0.1) is 19.3 Å². The molecular weight excluding hydrogens is 314 g/mol. The molecule has 0 unspecified atom stereocenters. The summed E-state index contributed by atoms with van der Waals surface area (Å²) in [6.45, 7) is 7.36. The molecule has 0 spiro atoms. The number of hydrogen-bond donors (Lipinski definition) is 1.